The van der Waals surface area contributed by atoms with Crippen LogP contribution in [0.15, 0.2) is 34.9 Å². The number of allylic oxidation sites excluding steroid dienone is 3. The molecular weight excluding hydrogens is 752 g/mol. The summed E-state index contributed by atoms with van der Waals surface area (Å²) >= 11 is 0. The molecule has 2 heterocycles. The summed E-state index contributed by atoms with van der Waals surface area (Å²) < 4.78 is 42.7. The van der Waals surface area contributed by atoms with Gasteiger partial charge in [0.05, 0.1) is 30.0 Å². The van der Waals surface area contributed by atoms with Gasteiger partial charge in [-0.05, 0) is 98.3 Å². The molecule has 0 radical (unpaired) electrons. The van der Waals surface area contributed by atoms with Gasteiger partial charge in [0.2, 0.25) is 0 Å². The molecule has 6 aliphatic rings. The van der Waals surface area contributed by atoms with E-state index in [9.17, 15) is 34.8 Å². The maximum absolute atomic E-state index is 13.7. The first-order chi connectivity index (χ1) is 27.3. The van der Waals surface area contributed by atoms with Crippen molar-refractivity contribution in [2.24, 2.45) is 28.6 Å². The van der Waals surface area contributed by atoms with Crippen LogP contribution < -0.4 is 0 Å². The fourth-order valence-corrected chi connectivity index (χ4v) is 11.4. The standard InChI is InChI=1S/C44H66O14/c1-11-21(3)39(49)56-36-32-29(44(51)18-16-28(23(5)45)43(44,9)38(36)58-40(50)22(4)12-2)14-13-26-19-27(15-17-42(26,32)8)55-31-20-30(46)35(25(7)53-31)57-41-34(48)37(52-10)33(47)24(6)54-41/h11-13,24-25,27-38,41,46-48,51H,14-20H2,1-10H3/b21-11+,22-12+/t24-,25-,27+,28-,29-,30-,31+,32-,33-,34-,35-,36+,37-,38-,41+,42+,43+,44+/m1/s1. The number of rotatable bonds is 10. The van der Waals surface area contributed by atoms with Gasteiger partial charge < -0.3 is 53.6 Å². The predicted octanol–water partition coefficient (Wildman–Crippen LogP) is 3.99. The highest BCUT2D eigenvalue weighted by molar-refractivity contribution is 5.89. The van der Waals surface area contributed by atoms with Gasteiger partial charge in [-0.15, -0.1) is 0 Å². The van der Waals surface area contributed by atoms with E-state index in [0.717, 1.165) is 5.57 Å². The Bertz CT molecular complexity index is 1650. The van der Waals surface area contributed by atoms with Crippen molar-refractivity contribution in [1.82, 2.24) is 0 Å². The SMILES string of the molecule is C/C=C(\C)C(=O)O[C@H]1[C@H]2[C@@H](CC=C3C[C@@H](O[C@H]4C[C@@H](O)[C@H](O[C@@H]5O[C@H](C)[C@@H](O)[C@@H](OC)[C@H]5O)[C@@H](C)O4)CC[C@@]32C)[C@@]2(O)CC[C@H](C(C)=O)[C@@]2(C)[C@@H]1OC(=O)/C(C)=C/C. The average molecular weight is 819 g/mol. The molecule has 2 saturated heterocycles. The highest BCUT2D eigenvalue weighted by Crippen LogP contribution is 2.69. The van der Waals surface area contributed by atoms with E-state index in [1.54, 1.807) is 53.7 Å². The molecule has 326 valence electrons. The van der Waals surface area contributed by atoms with Gasteiger partial charge >= 0.3 is 11.9 Å². The van der Waals surface area contributed by atoms with Gasteiger partial charge in [0.15, 0.2) is 12.6 Å². The number of methoxy groups -OCH3 is 1. The van der Waals surface area contributed by atoms with Gasteiger partial charge in [-0.25, -0.2) is 9.59 Å². The molecular formula is C44H66O14. The van der Waals surface area contributed by atoms with Crippen LogP contribution in [0.1, 0.15) is 107 Å². The van der Waals surface area contributed by atoms with E-state index in [1.165, 1.54) is 14.0 Å². The molecule has 58 heavy (non-hydrogen) atoms. The number of Topliss-reactive ketones (excluding diaryl/α,β-unsaturated/α-hetero) is 1. The molecule has 3 saturated carbocycles. The summed E-state index contributed by atoms with van der Waals surface area (Å²) in [4.78, 5) is 40.7. The number of hydrogen-bond acceptors (Lipinski definition) is 14. The summed E-state index contributed by atoms with van der Waals surface area (Å²) in [7, 11) is 1.39. The Labute approximate surface area is 342 Å². The molecule has 18 atom stereocenters. The van der Waals surface area contributed by atoms with Crippen molar-refractivity contribution < 1.29 is 68.0 Å². The van der Waals surface area contributed by atoms with Crippen LogP contribution in [0.3, 0.4) is 0 Å². The van der Waals surface area contributed by atoms with Gasteiger partial charge in [-0.2, -0.15) is 0 Å². The number of carbonyl (C=O) groups excluding carboxylic acids is 3. The number of carbonyl (C=O) groups is 3. The number of hydrogen-bond donors (Lipinski definition) is 4. The molecule has 0 aromatic heterocycles. The van der Waals surface area contributed by atoms with E-state index >= 15 is 0 Å². The zero-order valence-electron chi connectivity index (χ0n) is 35.7. The molecule has 0 aromatic carbocycles. The van der Waals surface area contributed by atoms with Crippen molar-refractivity contribution in [2.45, 2.75) is 186 Å². The summed E-state index contributed by atoms with van der Waals surface area (Å²) in [6.45, 7) is 15.7. The van der Waals surface area contributed by atoms with E-state index < -0.39 is 114 Å². The van der Waals surface area contributed by atoms with Crippen molar-refractivity contribution >= 4 is 17.7 Å². The largest absolute Gasteiger partial charge is 0.455 e. The lowest BCUT2D eigenvalue weighted by atomic mass is 9.44. The minimum atomic E-state index is -1.40. The normalized spacial score (nSPS) is 46.9. The van der Waals surface area contributed by atoms with Gasteiger partial charge in [-0.1, -0.05) is 37.6 Å². The Morgan fingerprint density at radius 3 is 2.10 bits per heavy atom. The Balaban J connectivity index is 1.25. The third-order valence-electron chi connectivity index (χ3n) is 15.1. The Morgan fingerprint density at radius 1 is 0.845 bits per heavy atom. The van der Waals surface area contributed by atoms with Crippen LogP contribution in [0.25, 0.3) is 0 Å². The van der Waals surface area contributed by atoms with Crippen LogP contribution >= 0.6 is 0 Å². The molecule has 4 aliphatic carbocycles. The van der Waals surface area contributed by atoms with E-state index in [-0.39, 0.29) is 18.3 Å². The van der Waals surface area contributed by atoms with E-state index in [4.69, 9.17) is 33.2 Å². The van der Waals surface area contributed by atoms with Crippen LogP contribution in [0.4, 0.5) is 0 Å². The molecule has 0 unspecified atom stereocenters. The molecule has 4 N–H and O–H groups in total. The topological polar surface area (TPSA) is 197 Å². The fraction of sp³-hybridized carbons (Fsp3) is 0.795. The Morgan fingerprint density at radius 2 is 1.50 bits per heavy atom. The van der Waals surface area contributed by atoms with Gasteiger partial charge in [-0.3, -0.25) is 4.79 Å². The molecule has 0 amide bonds. The van der Waals surface area contributed by atoms with Crippen molar-refractivity contribution in [1.29, 1.82) is 0 Å². The maximum Gasteiger partial charge on any atom is 0.333 e. The lowest BCUT2D eigenvalue weighted by molar-refractivity contribution is -0.341. The molecule has 0 spiro atoms. The number of aliphatic hydroxyl groups excluding tert-OH is 3. The summed E-state index contributed by atoms with van der Waals surface area (Å²) in [5.74, 6) is -2.72. The quantitative estimate of drug-likeness (QED) is 0.140. The van der Waals surface area contributed by atoms with Gasteiger partial charge in [0.1, 0.15) is 42.4 Å². The molecule has 0 aromatic rings. The minimum Gasteiger partial charge on any atom is -0.455 e. The van der Waals surface area contributed by atoms with E-state index in [1.807, 2.05) is 6.92 Å². The monoisotopic (exact) mass is 818 g/mol. The molecule has 14 heteroatoms. The molecule has 0 bridgehead atoms. The number of aliphatic hydroxyl groups is 4. The maximum atomic E-state index is 13.7. The average Bonchev–Trinajstić information content (AvgIpc) is 3.47. The molecule has 14 nitrogen and oxygen atoms in total. The zero-order valence-corrected chi connectivity index (χ0v) is 35.7. The third kappa shape index (κ3) is 7.57. The minimum absolute atomic E-state index is 0.102. The second-order valence-corrected chi connectivity index (χ2v) is 18.1. The van der Waals surface area contributed by atoms with Crippen molar-refractivity contribution in [3.63, 3.8) is 0 Å². The molecule has 2 aliphatic heterocycles. The summed E-state index contributed by atoms with van der Waals surface area (Å²) in [5.41, 5.74) is -1.40. The number of esters is 2. The first-order valence-corrected chi connectivity index (χ1v) is 21.1. The first-order valence-electron chi connectivity index (χ1n) is 21.1. The second-order valence-electron chi connectivity index (χ2n) is 18.1. The van der Waals surface area contributed by atoms with Crippen molar-refractivity contribution in [2.75, 3.05) is 7.11 Å². The molecule has 5 fully saturated rings. The van der Waals surface area contributed by atoms with E-state index in [2.05, 4.69) is 13.0 Å². The predicted molar refractivity (Wildman–Crippen MR) is 209 cm³/mol. The second kappa shape index (κ2) is 17.1. The fourth-order valence-electron chi connectivity index (χ4n) is 11.4. The molecule has 6 rings (SSSR count). The lowest BCUT2D eigenvalue weighted by Crippen LogP contribution is -2.72. The van der Waals surface area contributed by atoms with E-state index in [0.29, 0.717) is 49.7 Å². The van der Waals surface area contributed by atoms with Crippen LogP contribution in [0, 0.1) is 28.6 Å². The van der Waals surface area contributed by atoms with Crippen molar-refractivity contribution in [3.8, 4) is 0 Å². The highest BCUT2D eigenvalue weighted by atomic mass is 16.7. The summed E-state index contributed by atoms with van der Waals surface area (Å²) in [5, 5.41) is 45.5. The number of ether oxygens (including phenoxy) is 7. The number of ketones is 1. The number of fused-ring (bicyclic) bond motifs is 5. The van der Waals surface area contributed by atoms with Crippen LogP contribution in [0.2, 0.25) is 0 Å². The Hall–Kier alpha value is -2.53. The van der Waals surface area contributed by atoms with Crippen LogP contribution in [-0.4, -0.2) is 124 Å². The lowest BCUT2D eigenvalue weighted by Gasteiger charge is -2.64. The summed E-state index contributed by atoms with van der Waals surface area (Å²) in [6.07, 6.45) is -2.19. The van der Waals surface area contributed by atoms with Crippen LogP contribution in [0.5, 0.6) is 0 Å². The van der Waals surface area contributed by atoms with Gasteiger partial charge in [0.25, 0.3) is 0 Å². The zero-order chi connectivity index (χ0) is 42.6. The Kier molecular flexibility index (Phi) is 13.3. The third-order valence-corrected chi connectivity index (χ3v) is 15.1. The first kappa shape index (κ1) is 45.0. The van der Waals surface area contributed by atoms with Gasteiger partial charge in [0, 0.05) is 41.9 Å². The summed E-state index contributed by atoms with van der Waals surface area (Å²) in [6, 6.07) is 0. The van der Waals surface area contributed by atoms with Crippen molar-refractivity contribution in [3.05, 3.63) is 34.9 Å². The highest BCUT2D eigenvalue weighted by Gasteiger charge is 2.75. The smallest absolute Gasteiger partial charge is 0.333 e. The van der Waals surface area contributed by atoms with Crippen LogP contribution in [-0.2, 0) is 47.5 Å².